The van der Waals surface area contributed by atoms with Gasteiger partial charge in [0, 0.05) is 18.1 Å². The van der Waals surface area contributed by atoms with E-state index in [2.05, 4.69) is 15.3 Å². The second-order valence-corrected chi connectivity index (χ2v) is 4.07. The number of hydrogen-bond donors (Lipinski definition) is 2. The van der Waals surface area contributed by atoms with Crippen molar-refractivity contribution in [3.05, 3.63) is 25.7 Å². The van der Waals surface area contributed by atoms with Crippen LogP contribution in [0, 0.1) is 10.1 Å². The van der Waals surface area contributed by atoms with Crippen LogP contribution in [0.3, 0.4) is 0 Å². The third kappa shape index (κ3) is 4.09. The van der Waals surface area contributed by atoms with Crippen molar-refractivity contribution >= 4 is 28.9 Å². The largest absolute Gasteiger partial charge is 0.347 e. The van der Waals surface area contributed by atoms with Gasteiger partial charge in [-0.25, -0.2) is 15.1 Å². The van der Waals surface area contributed by atoms with Gasteiger partial charge in [-0.3, -0.25) is 4.99 Å². The van der Waals surface area contributed by atoms with Gasteiger partial charge < -0.3 is 5.32 Å². The lowest BCUT2D eigenvalue weighted by atomic mass is 11.0. The van der Waals surface area contributed by atoms with Gasteiger partial charge in [-0.05, 0) is 0 Å². The van der Waals surface area contributed by atoms with E-state index in [1.807, 2.05) is 5.43 Å². The molecule has 9 heteroatoms. The van der Waals surface area contributed by atoms with E-state index in [1.165, 1.54) is 18.4 Å². The van der Waals surface area contributed by atoms with Crippen molar-refractivity contribution in [2.24, 2.45) is 4.99 Å². The number of hydrazine groups is 1. The molecule has 0 aliphatic carbocycles. The maximum atomic E-state index is 10.1. The van der Waals surface area contributed by atoms with Crippen molar-refractivity contribution in [3.8, 4) is 0 Å². The normalized spacial score (nSPS) is 11.2. The van der Waals surface area contributed by atoms with Crippen molar-refractivity contribution in [2.45, 2.75) is 6.54 Å². The Morgan fingerprint density at radius 3 is 3.07 bits per heavy atom. The summed E-state index contributed by atoms with van der Waals surface area (Å²) in [5.74, 6) is 0.0875. The van der Waals surface area contributed by atoms with E-state index in [0.29, 0.717) is 11.0 Å². The molecule has 0 atom stereocenters. The SMILES string of the molecule is CN=C(N[13CH2][13c]1[13cH][15n][13c](Cl)s1)N[N+](=O)[O-]. The summed E-state index contributed by atoms with van der Waals surface area (Å²) in [5.41, 5.74) is 1.92. The van der Waals surface area contributed by atoms with Crippen LogP contribution in [0.5, 0.6) is 0 Å². The van der Waals surface area contributed by atoms with E-state index in [1.54, 1.807) is 6.20 Å². The number of thiazole rings is 1. The van der Waals surface area contributed by atoms with Gasteiger partial charge in [-0.2, -0.15) is 0 Å². The molecule has 0 saturated carbocycles. The zero-order chi connectivity index (χ0) is 11.3. The Bertz CT molecular complexity index is 379. The van der Waals surface area contributed by atoms with Gasteiger partial charge in [0.1, 0.15) is 0 Å². The first-order valence-corrected chi connectivity index (χ1v) is 5.03. The molecule has 0 radical (unpaired) electrons. The third-order valence-electron chi connectivity index (χ3n) is 1.38. The number of nitrogens with zero attached hydrogens (tertiary/aromatic N) is 3. The molecule has 1 aromatic heterocycles. The number of aliphatic imine (C=N–C) groups is 1. The molecule has 0 unspecified atom stereocenters. The summed E-state index contributed by atoms with van der Waals surface area (Å²) in [6.07, 6.45) is 1.60. The van der Waals surface area contributed by atoms with Crippen LogP contribution in [-0.4, -0.2) is 23.0 Å². The molecular formula is C6H8ClN5O2S. The minimum atomic E-state index is -0.686. The van der Waals surface area contributed by atoms with Crippen LogP contribution in [0.15, 0.2) is 11.2 Å². The molecule has 0 fully saturated rings. The van der Waals surface area contributed by atoms with E-state index in [-0.39, 0.29) is 5.96 Å². The Hall–Kier alpha value is -1.41. The van der Waals surface area contributed by atoms with Crippen molar-refractivity contribution < 1.29 is 5.03 Å². The van der Waals surface area contributed by atoms with Crippen LogP contribution in [0.2, 0.25) is 4.47 Å². The molecule has 15 heavy (non-hydrogen) atoms. The Balaban J connectivity index is 2.45. The van der Waals surface area contributed by atoms with Gasteiger partial charge in [-0.1, -0.05) is 17.0 Å². The van der Waals surface area contributed by atoms with Gasteiger partial charge in [0.2, 0.25) is 0 Å². The van der Waals surface area contributed by atoms with E-state index < -0.39 is 5.03 Å². The Morgan fingerprint density at radius 2 is 2.60 bits per heavy atom. The highest BCUT2D eigenvalue weighted by atomic mass is 35.5. The molecule has 7 nitrogen and oxygen atoms in total. The van der Waals surface area contributed by atoms with Crippen molar-refractivity contribution in [1.29, 1.82) is 0 Å². The van der Waals surface area contributed by atoms with Crippen molar-refractivity contribution in [3.63, 3.8) is 0 Å². The summed E-state index contributed by atoms with van der Waals surface area (Å²) in [6.45, 7) is 0.387. The first-order valence-electron chi connectivity index (χ1n) is 3.83. The van der Waals surface area contributed by atoms with Crippen LogP contribution in [-0.2, 0) is 6.54 Å². The summed E-state index contributed by atoms with van der Waals surface area (Å²) in [5, 5.41) is 12.2. The molecule has 0 amide bonds. The van der Waals surface area contributed by atoms with Gasteiger partial charge in [0.25, 0.3) is 5.96 Å². The molecule has 0 bridgehead atoms. The van der Waals surface area contributed by atoms with Gasteiger partial charge >= 0.3 is 0 Å². The number of guanidine groups is 1. The Morgan fingerprint density at radius 1 is 1.87 bits per heavy atom. The zero-order valence-electron chi connectivity index (χ0n) is 7.73. The second kappa shape index (κ2) is 5.47. The molecule has 1 rings (SSSR count). The fourth-order valence-electron chi connectivity index (χ4n) is 0.791. The molecule has 0 aliphatic heterocycles. The number of hydrogen-bond acceptors (Lipinski definition) is 5. The topological polar surface area (TPSA) is 92.5 Å². The van der Waals surface area contributed by atoms with Crippen LogP contribution in [0.1, 0.15) is 4.88 Å². The fourth-order valence-corrected chi connectivity index (χ4v) is 1.71. The third-order valence-corrected chi connectivity index (χ3v) is 2.49. The van der Waals surface area contributed by atoms with Crippen molar-refractivity contribution in [2.75, 3.05) is 7.05 Å². The molecular weight excluding hydrogens is 247 g/mol. The van der Waals surface area contributed by atoms with E-state index in [4.69, 9.17) is 11.6 Å². The quantitative estimate of drug-likeness (QED) is 0.272. The monoisotopic (exact) mass is 254 g/mol. The number of nitro groups is 1. The maximum Gasteiger partial charge on any atom is 0.254 e. The lowest BCUT2D eigenvalue weighted by Gasteiger charge is -2.03. The number of aromatic nitrogens is 1. The number of rotatable bonds is 3. The fraction of sp³-hybridized carbons (Fsp3) is 0.333. The summed E-state index contributed by atoms with van der Waals surface area (Å²) in [4.78, 5) is 18.5. The van der Waals surface area contributed by atoms with Gasteiger partial charge in [0.05, 0.1) is 6.54 Å². The smallest absolute Gasteiger partial charge is 0.254 e. The Kier molecular flexibility index (Phi) is 4.25. The molecule has 2 N–H and O–H groups in total. The van der Waals surface area contributed by atoms with Crippen LogP contribution in [0.25, 0.3) is 0 Å². The minimum absolute atomic E-state index is 0.0875. The summed E-state index contributed by atoms with van der Waals surface area (Å²) in [6, 6.07) is 0. The van der Waals surface area contributed by atoms with E-state index in [9.17, 15) is 10.1 Å². The molecule has 0 aromatic carbocycles. The highest BCUT2D eigenvalue weighted by molar-refractivity contribution is 7.15. The average Bonchev–Trinajstić information content (AvgIpc) is 2.58. The van der Waals surface area contributed by atoms with Gasteiger partial charge in [0.15, 0.2) is 9.50 Å². The second-order valence-electron chi connectivity index (χ2n) is 2.37. The molecule has 0 saturated heterocycles. The van der Waals surface area contributed by atoms with E-state index >= 15 is 0 Å². The highest BCUT2D eigenvalue weighted by Crippen LogP contribution is 2.16. The zero-order valence-corrected chi connectivity index (χ0v) is 9.30. The lowest BCUT2D eigenvalue weighted by Crippen LogP contribution is -2.39. The molecule has 0 spiro atoms. The number of halogens is 1. The summed E-state index contributed by atoms with van der Waals surface area (Å²) < 4.78 is 0.434. The first kappa shape index (κ1) is 11.7. The van der Waals surface area contributed by atoms with Gasteiger partial charge in [-0.15, -0.1) is 11.3 Å². The maximum absolute atomic E-state index is 10.1. The Labute approximate surface area is 94.3 Å². The first-order chi connectivity index (χ1) is 7.11. The molecule has 82 valence electrons. The number of nitrogens with one attached hydrogen (secondary N) is 2. The van der Waals surface area contributed by atoms with Crippen LogP contribution >= 0.6 is 22.9 Å². The van der Waals surface area contributed by atoms with E-state index in [0.717, 1.165) is 4.88 Å². The standard InChI is InChI=1S/C6H8ClN5O2S/c1-8-6(11-12(13)14)10-3-4-2-9-5(7)15-4/h2H,3H2,1H3,(H2,8,10,11)/i2+1,3+1,4+1,5+1,9+1. The summed E-state index contributed by atoms with van der Waals surface area (Å²) in [7, 11) is 1.44. The molecule has 0 aliphatic rings. The molecule has 1 aromatic rings. The molecule has 1 heterocycles. The van der Waals surface area contributed by atoms with Crippen LogP contribution < -0.4 is 10.7 Å². The van der Waals surface area contributed by atoms with Crippen LogP contribution in [0.4, 0.5) is 0 Å². The predicted molar refractivity (Wildman–Crippen MR) is 57.5 cm³/mol. The predicted octanol–water partition coefficient (Wildman–Crippen LogP) is 0.653. The average molecular weight is 255 g/mol. The highest BCUT2D eigenvalue weighted by Gasteiger charge is 2.05. The minimum Gasteiger partial charge on any atom is -0.347 e. The lowest BCUT2D eigenvalue weighted by molar-refractivity contribution is -0.525. The summed E-state index contributed by atoms with van der Waals surface area (Å²) >= 11 is 6.92. The van der Waals surface area contributed by atoms with Crippen molar-refractivity contribution in [1.82, 2.24) is 15.7 Å².